The fourth-order valence-corrected chi connectivity index (χ4v) is 3.23. The lowest BCUT2D eigenvalue weighted by Gasteiger charge is -2.18. The number of nitrogens with one attached hydrogen (secondary N) is 1. The third-order valence-corrected chi connectivity index (χ3v) is 4.32. The predicted octanol–water partition coefficient (Wildman–Crippen LogP) is 4.46. The summed E-state index contributed by atoms with van der Waals surface area (Å²) in [6, 6.07) is 4.59. The number of benzene rings is 1. The standard InChI is InChI=1S/C16H24N2O3/c1-2-4-12-5-3-6-13(8-7-12)17-15-10-9-14(19)11-16(15)18(20)21/h9-13,17,19H,2-8H2,1H3. The summed E-state index contributed by atoms with van der Waals surface area (Å²) < 4.78 is 0. The van der Waals surface area contributed by atoms with E-state index >= 15 is 0 Å². The van der Waals surface area contributed by atoms with Crippen molar-refractivity contribution < 1.29 is 10.0 Å². The molecule has 2 atom stereocenters. The molecule has 5 heteroatoms. The van der Waals surface area contributed by atoms with Crippen LogP contribution in [0.2, 0.25) is 0 Å². The van der Waals surface area contributed by atoms with Gasteiger partial charge in [0.25, 0.3) is 5.69 Å². The zero-order chi connectivity index (χ0) is 15.2. The Hall–Kier alpha value is -1.78. The monoisotopic (exact) mass is 292 g/mol. The quantitative estimate of drug-likeness (QED) is 0.363. The summed E-state index contributed by atoms with van der Waals surface area (Å²) in [4.78, 5) is 10.6. The number of nitro groups is 1. The van der Waals surface area contributed by atoms with Crippen molar-refractivity contribution in [3.63, 3.8) is 0 Å². The molecule has 2 N–H and O–H groups in total. The molecular formula is C16H24N2O3. The molecule has 0 amide bonds. The van der Waals surface area contributed by atoms with Crippen LogP contribution in [0.3, 0.4) is 0 Å². The Kier molecular flexibility index (Phi) is 5.42. The lowest BCUT2D eigenvalue weighted by atomic mass is 9.95. The molecule has 1 fully saturated rings. The molecule has 5 nitrogen and oxygen atoms in total. The fraction of sp³-hybridized carbons (Fsp3) is 0.625. The zero-order valence-corrected chi connectivity index (χ0v) is 12.5. The van der Waals surface area contributed by atoms with Crippen molar-refractivity contribution in [1.29, 1.82) is 0 Å². The van der Waals surface area contributed by atoms with Gasteiger partial charge in [-0.2, -0.15) is 0 Å². The highest BCUT2D eigenvalue weighted by atomic mass is 16.6. The molecular weight excluding hydrogens is 268 g/mol. The molecule has 1 saturated carbocycles. The lowest BCUT2D eigenvalue weighted by Crippen LogP contribution is -2.19. The van der Waals surface area contributed by atoms with Crippen molar-refractivity contribution in [3.05, 3.63) is 28.3 Å². The van der Waals surface area contributed by atoms with Crippen molar-refractivity contribution >= 4 is 11.4 Å². The smallest absolute Gasteiger partial charge is 0.296 e. The SMILES string of the molecule is CCCC1CCCC(Nc2ccc(O)cc2[N+](=O)[O-])CC1. The van der Waals surface area contributed by atoms with Gasteiger partial charge in [0.1, 0.15) is 11.4 Å². The van der Waals surface area contributed by atoms with Crippen LogP contribution in [0.5, 0.6) is 5.75 Å². The van der Waals surface area contributed by atoms with E-state index in [1.165, 1.54) is 44.2 Å². The first kappa shape index (κ1) is 15.6. The van der Waals surface area contributed by atoms with Gasteiger partial charge in [-0.25, -0.2) is 0 Å². The van der Waals surface area contributed by atoms with Gasteiger partial charge in [-0.1, -0.05) is 32.6 Å². The summed E-state index contributed by atoms with van der Waals surface area (Å²) in [5.41, 5.74) is 0.459. The number of rotatable bonds is 5. The first-order chi connectivity index (χ1) is 10.1. The van der Waals surface area contributed by atoms with Gasteiger partial charge >= 0.3 is 0 Å². The second kappa shape index (κ2) is 7.29. The fourth-order valence-electron chi connectivity index (χ4n) is 3.23. The number of hydrogen-bond acceptors (Lipinski definition) is 4. The molecule has 2 rings (SSSR count). The van der Waals surface area contributed by atoms with E-state index in [2.05, 4.69) is 12.2 Å². The summed E-state index contributed by atoms with van der Waals surface area (Å²) in [7, 11) is 0. The van der Waals surface area contributed by atoms with E-state index in [1.54, 1.807) is 6.07 Å². The van der Waals surface area contributed by atoms with E-state index in [-0.39, 0.29) is 17.5 Å². The van der Waals surface area contributed by atoms with Crippen LogP contribution in [-0.4, -0.2) is 16.1 Å². The van der Waals surface area contributed by atoms with Gasteiger partial charge in [-0.05, 0) is 37.3 Å². The zero-order valence-electron chi connectivity index (χ0n) is 12.5. The van der Waals surface area contributed by atoms with Gasteiger partial charge in [0.15, 0.2) is 0 Å². The van der Waals surface area contributed by atoms with E-state index in [0.29, 0.717) is 5.69 Å². The van der Waals surface area contributed by atoms with Gasteiger partial charge in [-0.3, -0.25) is 10.1 Å². The van der Waals surface area contributed by atoms with Crippen LogP contribution in [0.15, 0.2) is 18.2 Å². The Morgan fingerprint density at radius 1 is 1.33 bits per heavy atom. The normalized spacial score (nSPS) is 22.5. The van der Waals surface area contributed by atoms with Crippen LogP contribution in [0, 0.1) is 16.0 Å². The van der Waals surface area contributed by atoms with Crippen LogP contribution in [0.4, 0.5) is 11.4 Å². The molecule has 1 aliphatic rings. The third kappa shape index (κ3) is 4.34. The van der Waals surface area contributed by atoms with E-state index in [0.717, 1.165) is 18.8 Å². The third-order valence-electron chi connectivity index (χ3n) is 4.32. The molecule has 0 saturated heterocycles. The number of nitrogens with zero attached hydrogens (tertiary/aromatic N) is 1. The minimum absolute atomic E-state index is 0.0515. The maximum atomic E-state index is 11.1. The second-order valence-electron chi connectivity index (χ2n) is 5.96. The Morgan fingerprint density at radius 2 is 2.14 bits per heavy atom. The van der Waals surface area contributed by atoms with Crippen molar-refractivity contribution in [2.75, 3.05) is 5.32 Å². The number of aromatic hydroxyl groups is 1. The van der Waals surface area contributed by atoms with E-state index < -0.39 is 4.92 Å². The molecule has 0 aromatic heterocycles. The predicted molar refractivity (Wildman–Crippen MR) is 83.7 cm³/mol. The van der Waals surface area contributed by atoms with Crippen LogP contribution in [0.25, 0.3) is 0 Å². The Morgan fingerprint density at radius 3 is 2.86 bits per heavy atom. The van der Waals surface area contributed by atoms with Crippen molar-refractivity contribution in [3.8, 4) is 5.75 Å². The van der Waals surface area contributed by atoms with E-state index in [9.17, 15) is 15.2 Å². The highest BCUT2D eigenvalue weighted by molar-refractivity contribution is 5.64. The summed E-state index contributed by atoms with van der Waals surface area (Å²) in [5, 5.41) is 23.8. The Balaban J connectivity index is 2.03. The number of hydrogen-bond donors (Lipinski definition) is 2. The van der Waals surface area contributed by atoms with Crippen LogP contribution < -0.4 is 5.32 Å². The summed E-state index contributed by atoms with van der Waals surface area (Å²) in [5.74, 6) is 0.729. The molecule has 0 aliphatic heterocycles. The average molecular weight is 292 g/mol. The molecule has 1 aromatic rings. The minimum Gasteiger partial charge on any atom is -0.508 e. The maximum Gasteiger partial charge on any atom is 0.296 e. The van der Waals surface area contributed by atoms with Gasteiger partial charge in [-0.15, -0.1) is 0 Å². The molecule has 1 aromatic carbocycles. The number of anilines is 1. The van der Waals surface area contributed by atoms with Crippen molar-refractivity contribution in [2.45, 2.75) is 57.9 Å². The molecule has 116 valence electrons. The Labute approximate surface area is 125 Å². The topological polar surface area (TPSA) is 75.4 Å². The first-order valence-electron chi connectivity index (χ1n) is 7.84. The van der Waals surface area contributed by atoms with Gasteiger partial charge < -0.3 is 10.4 Å². The maximum absolute atomic E-state index is 11.1. The summed E-state index contributed by atoms with van der Waals surface area (Å²) in [6.45, 7) is 2.22. The molecule has 0 bridgehead atoms. The molecule has 0 radical (unpaired) electrons. The average Bonchev–Trinajstić information content (AvgIpc) is 2.67. The van der Waals surface area contributed by atoms with E-state index in [4.69, 9.17) is 0 Å². The molecule has 21 heavy (non-hydrogen) atoms. The molecule has 0 heterocycles. The summed E-state index contributed by atoms with van der Waals surface area (Å²) >= 11 is 0. The van der Waals surface area contributed by atoms with Crippen LogP contribution >= 0.6 is 0 Å². The lowest BCUT2D eigenvalue weighted by molar-refractivity contribution is -0.384. The number of phenols is 1. The van der Waals surface area contributed by atoms with E-state index in [1.807, 2.05) is 0 Å². The van der Waals surface area contributed by atoms with Gasteiger partial charge in [0.2, 0.25) is 0 Å². The second-order valence-corrected chi connectivity index (χ2v) is 5.96. The van der Waals surface area contributed by atoms with Crippen molar-refractivity contribution in [1.82, 2.24) is 0 Å². The van der Waals surface area contributed by atoms with Crippen molar-refractivity contribution in [2.24, 2.45) is 5.92 Å². The minimum atomic E-state index is -0.446. The first-order valence-corrected chi connectivity index (χ1v) is 7.84. The molecule has 2 unspecified atom stereocenters. The Bertz CT molecular complexity index is 490. The number of nitro benzene ring substituents is 1. The van der Waals surface area contributed by atoms with Gasteiger partial charge in [0, 0.05) is 6.04 Å². The highest BCUT2D eigenvalue weighted by Gasteiger charge is 2.21. The number of phenolic OH excluding ortho intramolecular Hbond substituents is 1. The summed E-state index contributed by atoms with van der Waals surface area (Å²) in [6.07, 6.45) is 8.26. The largest absolute Gasteiger partial charge is 0.508 e. The van der Waals surface area contributed by atoms with Crippen LogP contribution in [-0.2, 0) is 0 Å². The van der Waals surface area contributed by atoms with Gasteiger partial charge in [0.05, 0.1) is 11.0 Å². The molecule has 0 spiro atoms. The van der Waals surface area contributed by atoms with Crippen LogP contribution in [0.1, 0.15) is 51.9 Å². The highest BCUT2D eigenvalue weighted by Crippen LogP contribution is 2.32. The molecule has 1 aliphatic carbocycles.